The number of hydrogen-bond donors (Lipinski definition) is 1. The van der Waals surface area contributed by atoms with Gasteiger partial charge >= 0.3 is 0 Å². The molecule has 0 aromatic heterocycles. The third kappa shape index (κ3) is 1.20. The zero-order valence-corrected chi connectivity index (χ0v) is 7.42. The summed E-state index contributed by atoms with van der Waals surface area (Å²) in [5.74, 6) is 0.774. The predicted octanol–water partition coefficient (Wildman–Crippen LogP) is 1.23. The molecule has 11 heavy (non-hydrogen) atoms. The van der Waals surface area contributed by atoms with E-state index < -0.39 is 0 Å². The number of aliphatic hydroxyl groups excluding tert-OH is 1. The van der Waals surface area contributed by atoms with Crippen LogP contribution >= 0.6 is 0 Å². The Morgan fingerprint density at radius 1 is 1.64 bits per heavy atom. The van der Waals surface area contributed by atoms with E-state index >= 15 is 0 Å². The molecule has 0 spiro atoms. The molecule has 0 unspecified atom stereocenters. The Bertz CT molecular complexity index is 172. The van der Waals surface area contributed by atoms with Gasteiger partial charge in [0.15, 0.2) is 0 Å². The first-order valence-corrected chi connectivity index (χ1v) is 4.11. The Morgan fingerprint density at radius 3 is 2.45 bits per heavy atom. The standard InChI is InChI=1S/C9H16O2/c1-6(11)8-4-7(5-10)9(8,2)3/h7-8,10H,4-5H2,1-3H3/t7-,8+/m0/s1. The number of carbonyl (C=O) groups excluding carboxylic acids is 1. The van der Waals surface area contributed by atoms with Crippen LogP contribution in [0, 0.1) is 17.3 Å². The van der Waals surface area contributed by atoms with E-state index in [1.54, 1.807) is 6.92 Å². The first kappa shape index (κ1) is 8.72. The number of hydrogen-bond acceptors (Lipinski definition) is 2. The van der Waals surface area contributed by atoms with Crippen LogP contribution in [0.5, 0.6) is 0 Å². The van der Waals surface area contributed by atoms with Crippen molar-refractivity contribution in [2.75, 3.05) is 6.61 Å². The van der Waals surface area contributed by atoms with Crippen LogP contribution in [0.4, 0.5) is 0 Å². The molecular formula is C9H16O2. The molecule has 2 atom stereocenters. The van der Waals surface area contributed by atoms with Crippen molar-refractivity contribution >= 4 is 5.78 Å². The van der Waals surface area contributed by atoms with Crippen LogP contribution in [-0.4, -0.2) is 17.5 Å². The summed E-state index contributed by atoms with van der Waals surface area (Å²) in [4.78, 5) is 11.0. The normalized spacial score (nSPS) is 34.5. The molecular weight excluding hydrogens is 140 g/mol. The van der Waals surface area contributed by atoms with E-state index in [1.807, 2.05) is 0 Å². The van der Waals surface area contributed by atoms with Gasteiger partial charge in [0, 0.05) is 12.5 Å². The van der Waals surface area contributed by atoms with Gasteiger partial charge in [0.05, 0.1) is 0 Å². The highest BCUT2D eigenvalue weighted by atomic mass is 16.3. The average molecular weight is 156 g/mol. The summed E-state index contributed by atoms with van der Waals surface area (Å²) in [6.07, 6.45) is 0.874. The average Bonchev–Trinajstić information content (AvgIpc) is 1.85. The molecule has 2 nitrogen and oxygen atoms in total. The van der Waals surface area contributed by atoms with Crippen LogP contribution in [0.1, 0.15) is 27.2 Å². The Morgan fingerprint density at radius 2 is 2.18 bits per heavy atom. The number of Topliss-reactive ketones (excluding diaryl/α,β-unsaturated/α-hetero) is 1. The zero-order valence-electron chi connectivity index (χ0n) is 7.42. The SMILES string of the molecule is CC(=O)[C@H]1C[C@@H](CO)C1(C)C. The fourth-order valence-corrected chi connectivity index (χ4v) is 2.02. The molecule has 1 fully saturated rings. The summed E-state index contributed by atoms with van der Waals surface area (Å²) >= 11 is 0. The van der Waals surface area contributed by atoms with Gasteiger partial charge in [0.2, 0.25) is 0 Å². The van der Waals surface area contributed by atoms with Crippen molar-refractivity contribution in [3.8, 4) is 0 Å². The first-order valence-electron chi connectivity index (χ1n) is 4.11. The van der Waals surface area contributed by atoms with E-state index in [-0.39, 0.29) is 23.7 Å². The first-order chi connectivity index (χ1) is 5.00. The van der Waals surface area contributed by atoms with Gasteiger partial charge in [-0.1, -0.05) is 13.8 Å². The molecule has 2 heteroatoms. The maximum absolute atomic E-state index is 11.0. The zero-order chi connectivity index (χ0) is 8.65. The minimum absolute atomic E-state index is 0.0284. The highest BCUT2D eigenvalue weighted by Gasteiger charge is 2.49. The lowest BCUT2D eigenvalue weighted by Crippen LogP contribution is -2.49. The van der Waals surface area contributed by atoms with Crippen LogP contribution in [0.3, 0.4) is 0 Å². The summed E-state index contributed by atoms with van der Waals surface area (Å²) in [5.41, 5.74) is 0.0284. The molecule has 1 aliphatic carbocycles. The van der Waals surface area contributed by atoms with E-state index in [0.29, 0.717) is 5.92 Å². The summed E-state index contributed by atoms with van der Waals surface area (Å²) in [5, 5.41) is 8.91. The largest absolute Gasteiger partial charge is 0.396 e. The van der Waals surface area contributed by atoms with Crippen LogP contribution in [-0.2, 0) is 4.79 Å². The molecule has 0 bridgehead atoms. The minimum atomic E-state index is 0.0284. The summed E-state index contributed by atoms with van der Waals surface area (Å²) in [7, 11) is 0. The molecule has 1 N–H and O–H groups in total. The molecule has 0 aromatic rings. The van der Waals surface area contributed by atoms with Gasteiger partial charge in [0.25, 0.3) is 0 Å². The number of carbonyl (C=O) groups is 1. The smallest absolute Gasteiger partial charge is 0.133 e. The van der Waals surface area contributed by atoms with E-state index in [2.05, 4.69) is 13.8 Å². The lowest BCUT2D eigenvalue weighted by atomic mass is 9.54. The molecule has 0 aliphatic heterocycles. The van der Waals surface area contributed by atoms with Gasteiger partial charge < -0.3 is 5.11 Å². The van der Waals surface area contributed by atoms with E-state index in [0.717, 1.165) is 6.42 Å². The van der Waals surface area contributed by atoms with Crippen LogP contribution in [0.25, 0.3) is 0 Å². The number of aliphatic hydroxyl groups is 1. The van der Waals surface area contributed by atoms with E-state index in [1.165, 1.54) is 0 Å². The lowest BCUT2D eigenvalue weighted by Gasteiger charge is -2.50. The molecule has 1 rings (SSSR count). The Labute approximate surface area is 67.6 Å². The highest BCUT2D eigenvalue weighted by molar-refractivity contribution is 5.80. The predicted molar refractivity (Wildman–Crippen MR) is 43.1 cm³/mol. The van der Waals surface area contributed by atoms with Crippen molar-refractivity contribution in [3.63, 3.8) is 0 Å². The van der Waals surface area contributed by atoms with Crippen molar-refractivity contribution in [1.82, 2.24) is 0 Å². The molecule has 1 aliphatic rings. The van der Waals surface area contributed by atoms with Crippen molar-refractivity contribution in [2.45, 2.75) is 27.2 Å². The van der Waals surface area contributed by atoms with Crippen molar-refractivity contribution in [2.24, 2.45) is 17.3 Å². The van der Waals surface area contributed by atoms with Gasteiger partial charge in [-0.2, -0.15) is 0 Å². The maximum Gasteiger partial charge on any atom is 0.133 e. The van der Waals surface area contributed by atoms with Gasteiger partial charge in [-0.25, -0.2) is 0 Å². The fourth-order valence-electron chi connectivity index (χ4n) is 2.02. The molecule has 0 heterocycles. The molecule has 1 saturated carbocycles. The number of ketones is 1. The fraction of sp³-hybridized carbons (Fsp3) is 0.889. The highest BCUT2D eigenvalue weighted by Crippen LogP contribution is 2.51. The van der Waals surface area contributed by atoms with Gasteiger partial charge in [0.1, 0.15) is 5.78 Å². The summed E-state index contributed by atoms with van der Waals surface area (Å²) in [6.45, 7) is 5.98. The molecule has 0 radical (unpaired) electrons. The monoisotopic (exact) mass is 156 g/mol. The maximum atomic E-state index is 11.0. The second-order valence-electron chi connectivity index (χ2n) is 4.10. The van der Waals surface area contributed by atoms with Crippen LogP contribution < -0.4 is 0 Å². The van der Waals surface area contributed by atoms with E-state index in [4.69, 9.17) is 5.11 Å². The number of rotatable bonds is 2. The second kappa shape index (κ2) is 2.59. The lowest BCUT2D eigenvalue weighted by molar-refractivity contribution is -0.138. The van der Waals surface area contributed by atoms with Crippen molar-refractivity contribution < 1.29 is 9.90 Å². The van der Waals surface area contributed by atoms with Gasteiger partial charge in [-0.15, -0.1) is 0 Å². The molecule has 0 saturated heterocycles. The quantitative estimate of drug-likeness (QED) is 0.653. The van der Waals surface area contributed by atoms with Crippen LogP contribution in [0.2, 0.25) is 0 Å². The third-order valence-corrected chi connectivity index (χ3v) is 3.18. The molecule has 0 aromatic carbocycles. The topological polar surface area (TPSA) is 37.3 Å². The van der Waals surface area contributed by atoms with Crippen molar-refractivity contribution in [3.05, 3.63) is 0 Å². The Hall–Kier alpha value is -0.370. The minimum Gasteiger partial charge on any atom is -0.396 e. The Kier molecular flexibility index (Phi) is 2.06. The molecule has 64 valence electrons. The summed E-state index contributed by atoms with van der Waals surface area (Å²) < 4.78 is 0. The van der Waals surface area contributed by atoms with Gasteiger partial charge in [-0.05, 0) is 24.7 Å². The molecule has 0 amide bonds. The van der Waals surface area contributed by atoms with E-state index in [9.17, 15) is 4.79 Å². The van der Waals surface area contributed by atoms with Crippen LogP contribution in [0.15, 0.2) is 0 Å². The second-order valence-corrected chi connectivity index (χ2v) is 4.10. The Balaban J connectivity index is 2.61. The van der Waals surface area contributed by atoms with Crippen molar-refractivity contribution in [1.29, 1.82) is 0 Å². The summed E-state index contributed by atoms with van der Waals surface area (Å²) in [6, 6.07) is 0. The third-order valence-electron chi connectivity index (χ3n) is 3.18. The van der Waals surface area contributed by atoms with Gasteiger partial charge in [-0.3, -0.25) is 4.79 Å².